The van der Waals surface area contributed by atoms with Gasteiger partial charge in [0.25, 0.3) is 0 Å². The van der Waals surface area contributed by atoms with Crippen molar-refractivity contribution in [1.29, 1.82) is 0 Å². The lowest BCUT2D eigenvalue weighted by atomic mass is 10.1. The molecule has 2 heterocycles. The lowest BCUT2D eigenvalue weighted by Gasteiger charge is -2.22. The number of hydrogen-bond donors (Lipinski definition) is 1. The first-order valence-corrected chi connectivity index (χ1v) is 6.20. The number of furan rings is 1. The smallest absolute Gasteiger partial charge is 0.137 e. The first kappa shape index (κ1) is 11.2. The molecule has 3 nitrogen and oxygen atoms in total. The van der Waals surface area contributed by atoms with Crippen LogP contribution in [0.1, 0.15) is 31.6 Å². The molecule has 1 aromatic rings. The van der Waals surface area contributed by atoms with Gasteiger partial charge < -0.3 is 14.5 Å². The Morgan fingerprint density at radius 1 is 1.67 bits per heavy atom. The minimum Gasteiger partial charge on any atom is -0.466 e. The van der Waals surface area contributed by atoms with E-state index in [0.29, 0.717) is 0 Å². The van der Waals surface area contributed by atoms with Crippen molar-refractivity contribution in [2.75, 3.05) is 13.2 Å². The third kappa shape index (κ3) is 2.44. The molecular formula is C11H16BrNO2. The fourth-order valence-electron chi connectivity index (χ4n) is 2.01. The molecule has 0 spiro atoms. The van der Waals surface area contributed by atoms with Gasteiger partial charge in [0.1, 0.15) is 5.76 Å². The van der Waals surface area contributed by atoms with Crippen LogP contribution in [0.2, 0.25) is 0 Å². The molecule has 4 heteroatoms. The van der Waals surface area contributed by atoms with Gasteiger partial charge in [-0.15, -0.1) is 0 Å². The van der Waals surface area contributed by atoms with E-state index in [1.807, 2.05) is 6.07 Å². The van der Waals surface area contributed by atoms with Gasteiger partial charge in [0.2, 0.25) is 0 Å². The molecule has 0 bridgehead atoms. The third-order valence-corrected chi connectivity index (χ3v) is 3.34. The number of nitrogens with one attached hydrogen (secondary N) is 1. The molecular weight excluding hydrogens is 258 g/mol. The van der Waals surface area contributed by atoms with Crippen molar-refractivity contribution in [1.82, 2.24) is 5.32 Å². The third-order valence-electron chi connectivity index (χ3n) is 2.69. The van der Waals surface area contributed by atoms with Crippen LogP contribution in [0.25, 0.3) is 0 Å². The number of hydrogen-bond acceptors (Lipinski definition) is 3. The summed E-state index contributed by atoms with van der Waals surface area (Å²) >= 11 is 3.49. The molecule has 1 fully saturated rings. The molecule has 84 valence electrons. The summed E-state index contributed by atoms with van der Waals surface area (Å²) in [6.45, 7) is 3.88. The molecule has 0 radical (unpaired) electrons. The van der Waals surface area contributed by atoms with Gasteiger partial charge in [-0.25, -0.2) is 0 Å². The Hall–Kier alpha value is -0.320. The fourth-order valence-corrected chi connectivity index (χ4v) is 2.45. The number of rotatable bonds is 4. The summed E-state index contributed by atoms with van der Waals surface area (Å²) in [7, 11) is 0. The van der Waals surface area contributed by atoms with Crippen molar-refractivity contribution < 1.29 is 9.15 Å². The number of likely N-dealkylation sites (N-methyl/N-ethyl adjacent to an activating group) is 1. The molecule has 15 heavy (non-hydrogen) atoms. The Kier molecular flexibility index (Phi) is 3.83. The zero-order valence-corrected chi connectivity index (χ0v) is 10.4. The molecule has 0 saturated carbocycles. The normalized spacial score (nSPS) is 23.2. The van der Waals surface area contributed by atoms with Gasteiger partial charge in [0.05, 0.1) is 22.9 Å². The zero-order chi connectivity index (χ0) is 10.7. The van der Waals surface area contributed by atoms with Crippen LogP contribution in [-0.2, 0) is 4.74 Å². The van der Waals surface area contributed by atoms with E-state index < -0.39 is 0 Å². The molecule has 0 aliphatic carbocycles. The van der Waals surface area contributed by atoms with Gasteiger partial charge >= 0.3 is 0 Å². The van der Waals surface area contributed by atoms with E-state index in [4.69, 9.17) is 9.15 Å². The van der Waals surface area contributed by atoms with E-state index in [1.54, 1.807) is 6.26 Å². The zero-order valence-electron chi connectivity index (χ0n) is 8.83. The second-order valence-corrected chi connectivity index (χ2v) is 4.57. The van der Waals surface area contributed by atoms with Crippen molar-refractivity contribution in [3.8, 4) is 0 Å². The van der Waals surface area contributed by atoms with Crippen molar-refractivity contribution in [3.63, 3.8) is 0 Å². The van der Waals surface area contributed by atoms with Gasteiger partial charge in [0, 0.05) is 6.61 Å². The highest BCUT2D eigenvalue weighted by molar-refractivity contribution is 9.10. The summed E-state index contributed by atoms with van der Waals surface area (Å²) < 4.78 is 12.2. The average Bonchev–Trinajstić information content (AvgIpc) is 2.85. The van der Waals surface area contributed by atoms with Crippen molar-refractivity contribution in [3.05, 3.63) is 22.6 Å². The minimum absolute atomic E-state index is 0.168. The highest BCUT2D eigenvalue weighted by Crippen LogP contribution is 2.31. The molecule has 2 unspecified atom stereocenters. The topological polar surface area (TPSA) is 34.4 Å². The Balaban J connectivity index is 2.15. The van der Waals surface area contributed by atoms with Crippen LogP contribution >= 0.6 is 15.9 Å². The standard InChI is InChI=1S/C11H16BrNO2/c1-2-13-10(9-4-3-6-14-9)11-8(12)5-7-15-11/h5,7,9-10,13H,2-4,6H2,1H3. The number of ether oxygens (including phenoxy) is 1. The van der Waals surface area contributed by atoms with Gasteiger partial charge in [-0.2, -0.15) is 0 Å². The van der Waals surface area contributed by atoms with E-state index in [2.05, 4.69) is 28.2 Å². The van der Waals surface area contributed by atoms with E-state index >= 15 is 0 Å². The van der Waals surface area contributed by atoms with E-state index in [1.165, 1.54) is 0 Å². The first-order chi connectivity index (χ1) is 7.33. The summed E-state index contributed by atoms with van der Waals surface area (Å²) in [6.07, 6.45) is 4.20. The molecule has 0 aromatic carbocycles. The molecule has 1 aliphatic heterocycles. The Bertz CT molecular complexity index is 307. The lowest BCUT2D eigenvalue weighted by molar-refractivity contribution is 0.0715. The van der Waals surface area contributed by atoms with Crippen molar-refractivity contribution >= 4 is 15.9 Å². The molecule has 1 aliphatic rings. The van der Waals surface area contributed by atoms with Crippen LogP contribution in [0.15, 0.2) is 21.2 Å². The van der Waals surface area contributed by atoms with Crippen LogP contribution in [0.3, 0.4) is 0 Å². The maximum atomic E-state index is 5.70. The molecule has 0 amide bonds. The largest absolute Gasteiger partial charge is 0.466 e. The Morgan fingerprint density at radius 3 is 3.07 bits per heavy atom. The maximum Gasteiger partial charge on any atom is 0.137 e. The lowest BCUT2D eigenvalue weighted by Crippen LogP contribution is -2.31. The van der Waals surface area contributed by atoms with Crippen LogP contribution in [0.4, 0.5) is 0 Å². The highest BCUT2D eigenvalue weighted by Gasteiger charge is 2.30. The molecule has 2 atom stereocenters. The number of halogens is 1. The Labute approximate surface area is 98.3 Å². The summed E-state index contributed by atoms with van der Waals surface area (Å²) in [6, 6.07) is 2.09. The first-order valence-electron chi connectivity index (χ1n) is 5.40. The SMILES string of the molecule is CCNC(c1occc1Br)C1CCCO1. The van der Waals surface area contributed by atoms with Crippen LogP contribution in [-0.4, -0.2) is 19.3 Å². The quantitative estimate of drug-likeness (QED) is 0.916. The van der Waals surface area contributed by atoms with Crippen molar-refractivity contribution in [2.24, 2.45) is 0 Å². The fraction of sp³-hybridized carbons (Fsp3) is 0.636. The average molecular weight is 274 g/mol. The van der Waals surface area contributed by atoms with Crippen molar-refractivity contribution in [2.45, 2.75) is 31.9 Å². The van der Waals surface area contributed by atoms with E-state index in [0.717, 1.165) is 36.2 Å². The molecule has 2 rings (SSSR count). The summed E-state index contributed by atoms with van der Waals surface area (Å²) in [5.41, 5.74) is 0. The summed E-state index contributed by atoms with van der Waals surface area (Å²) in [4.78, 5) is 0. The van der Waals surface area contributed by atoms with Crippen LogP contribution in [0, 0.1) is 0 Å². The monoisotopic (exact) mass is 273 g/mol. The minimum atomic E-state index is 0.168. The highest BCUT2D eigenvalue weighted by atomic mass is 79.9. The van der Waals surface area contributed by atoms with Gasteiger partial charge in [-0.3, -0.25) is 0 Å². The molecule has 1 aromatic heterocycles. The van der Waals surface area contributed by atoms with E-state index in [-0.39, 0.29) is 12.1 Å². The summed E-state index contributed by atoms with van der Waals surface area (Å²) in [5, 5.41) is 3.42. The predicted octanol–water partition coefficient (Wildman–Crippen LogP) is 2.87. The maximum absolute atomic E-state index is 5.70. The van der Waals surface area contributed by atoms with Gasteiger partial charge in [0.15, 0.2) is 0 Å². The van der Waals surface area contributed by atoms with Crippen LogP contribution in [0.5, 0.6) is 0 Å². The predicted molar refractivity (Wildman–Crippen MR) is 61.8 cm³/mol. The molecule has 1 saturated heterocycles. The second kappa shape index (κ2) is 5.14. The summed E-state index contributed by atoms with van der Waals surface area (Å²) in [5.74, 6) is 0.948. The molecule has 1 N–H and O–H groups in total. The van der Waals surface area contributed by atoms with E-state index in [9.17, 15) is 0 Å². The van der Waals surface area contributed by atoms with Gasteiger partial charge in [-0.1, -0.05) is 6.92 Å². The van der Waals surface area contributed by atoms with Crippen LogP contribution < -0.4 is 5.32 Å². The second-order valence-electron chi connectivity index (χ2n) is 3.72. The van der Waals surface area contributed by atoms with Gasteiger partial charge in [-0.05, 0) is 41.4 Å². The Morgan fingerprint density at radius 2 is 2.53 bits per heavy atom.